The summed E-state index contributed by atoms with van der Waals surface area (Å²) in [6, 6.07) is 9.31. The second-order valence-electron chi connectivity index (χ2n) is 4.43. The van der Waals surface area contributed by atoms with Crippen molar-refractivity contribution in [1.29, 1.82) is 0 Å². The van der Waals surface area contributed by atoms with E-state index in [1.54, 1.807) is 31.2 Å². The number of aromatic nitrogens is 1. The first-order chi connectivity index (χ1) is 10.0. The fraction of sp³-hybridized carbons (Fsp3) is 0.200. The third kappa shape index (κ3) is 3.78. The zero-order valence-electron chi connectivity index (χ0n) is 11.6. The standard InChI is InChI=1S/C15H14BrFN2O2/c1-9(10-6-7-13(21-2)11(17)8-10)18-15(20)12-4-3-5-14(16)19-12/h3-9H,1-2H3,(H,18,20). The molecule has 0 spiro atoms. The number of hydrogen-bond donors (Lipinski definition) is 1. The van der Waals surface area contributed by atoms with E-state index < -0.39 is 5.82 Å². The van der Waals surface area contributed by atoms with Gasteiger partial charge in [-0.05, 0) is 52.7 Å². The van der Waals surface area contributed by atoms with Crippen LogP contribution in [0.25, 0.3) is 0 Å². The lowest BCUT2D eigenvalue weighted by atomic mass is 10.1. The number of pyridine rings is 1. The molecule has 1 unspecified atom stereocenters. The molecular formula is C15H14BrFN2O2. The Morgan fingerprint density at radius 2 is 2.14 bits per heavy atom. The molecule has 0 saturated heterocycles. The highest BCUT2D eigenvalue weighted by molar-refractivity contribution is 9.10. The van der Waals surface area contributed by atoms with E-state index in [4.69, 9.17) is 4.74 Å². The van der Waals surface area contributed by atoms with Crippen molar-refractivity contribution in [3.63, 3.8) is 0 Å². The van der Waals surface area contributed by atoms with Gasteiger partial charge in [-0.1, -0.05) is 12.1 Å². The van der Waals surface area contributed by atoms with E-state index in [2.05, 4.69) is 26.2 Å². The predicted molar refractivity (Wildman–Crippen MR) is 80.8 cm³/mol. The van der Waals surface area contributed by atoms with Crippen LogP contribution in [-0.2, 0) is 0 Å². The molecule has 1 atom stereocenters. The second kappa shape index (κ2) is 6.67. The molecule has 1 amide bonds. The summed E-state index contributed by atoms with van der Waals surface area (Å²) in [6.45, 7) is 1.77. The van der Waals surface area contributed by atoms with Gasteiger partial charge in [0.2, 0.25) is 0 Å². The van der Waals surface area contributed by atoms with Crippen LogP contribution >= 0.6 is 15.9 Å². The first-order valence-electron chi connectivity index (χ1n) is 6.28. The first-order valence-corrected chi connectivity index (χ1v) is 7.07. The Hall–Kier alpha value is -1.95. The monoisotopic (exact) mass is 352 g/mol. The highest BCUT2D eigenvalue weighted by Crippen LogP contribution is 2.22. The Morgan fingerprint density at radius 1 is 1.38 bits per heavy atom. The smallest absolute Gasteiger partial charge is 0.270 e. The minimum atomic E-state index is -0.461. The lowest BCUT2D eigenvalue weighted by Gasteiger charge is -2.15. The Bertz CT molecular complexity index is 664. The lowest BCUT2D eigenvalue weighted by molar-refractivity contribution is 0.0934. The molecule has 1 aromatic heterocycles. The minimum Gasteiger partial charge on any atom is -0.494 e. The van der Waals surface area contributed by atoms with Gasteiger partial charge < -0.3 is 10.1 Å². The molecule has 0 saturated carbocycles. The fourth-order valence-corrected chi connectivity index (χ4v) is 2.18. The largest absolute Gasteiger partial charge is 0.494 e. The van der Waals surface area contributed by atoms with Crippen LogP contribution in [0.5, 0.6) is 5.75 Å². The van der Waals surface area contributed by atoms with Crippen molar-refractivity contribution in [1.82, 2.24) is 10.3 Å². The molecule has 2 rings (SSSR count). The molecule has 0 aliphatic rings. The molecule has 0 radical (unpaired) electrons. The summed E-state index contributed by atoms with van der Waals surface area (Å²) in [5, 5.41) is 2.77. The maximum Gasteiger partial charge on any atom is 0.270 e. The maximum absolute atomic E-state index is 13.7. The predicted octanol–water partition coefficient (Wildman–Crippen LogP) is 3.48. The van der Waals surface area contributed by atoms with Gasteiger partial charge in [0.05, 0.1) is 13.2 Å². The quantitative estimate of drug-likeness (QED) is 0.857. The van der Waals surface area contributed by atoms with E-state index in [0.717, 1.165) is 0 Å². The fourth-order valence-electron chi connectivity index (χ4n) is 1.84. The Morgan fingerprint density at radius 3 is 2.76 bits per heavy atom. The molecule has 1 heterocycles. The number of rotatable bonds is 4. The first kappa shape index (κ1) is 15.4. The van der Waals surface area contributed by atoms with Gasteiger partial charge in [0.15, 0.2) is 11.6 Å². The van der Waals surface area contributed by atoms with Gasteiger partial charge in [-0.15, -0.1) is 0 Å². The van der Waals surface area contributed by atoms with Gasteiger partial charge in [0.1, 0.15) is 10.3 Å². The number of amides is 1. The SMILES string of the molecule is COc1ccc(C(C)NC(=O)c2cccc(Br)n2)cc1F. The molecule has 0 fully saturated rings. The number of benzene rings is 1. The van der Waals surface area contributed by atoms with Crippen molar-refractivity contribution in [3.05, 3.63) is 58.1 Å². The topological polar surface area (TPSA) is 51.2 Å². The molecule has 0 bridgehead atoms. The number of nitrogens with zero attached hydrogens (tertiary/aromatic N) is 1. The van der Waals surface area contributed by atoms with Crippen molar-refractivity contribution in [2.75, 3.05) is 7.11 Å². The molecule has 0 aliphatic heterocycles. The van der Waals surface area contributed by atoms with Crippen molar-refractivity contribution < 1.29 is 13.9 Å². The van der Waals surface area contributed by atoms with Gasteiger partial charge in [0, 0.05) is 0 Å². The lowest BCUT2D eigenvalue weighted by Crippen LogP contribution is -2.27. The average molecular weight is 353 g/mol. The van der Waals surface area contributed by atoms with Crippen LogP contribution in [0.2, 0.25) is 0 Å². The molecule has 110 valence electrons. The number of halogens is 2. The number of methoxy groups -OCH3 is 1. The summed E-state index contributed by atoms with van der Waals surface area (Å²) in [7, 11) is 1.40. The van der Waals surface area contributed by atoms with Crippen LogP contribution in [-0.4, -0.2) is 18.0 Å². The molecule has 1 aromatic carbocycles. The van der Waals surface area contributed by atoms with Crippen molar-refractivity contribution in [3.8, 4) is 5.75 Å². The average Bonchev–Trinajstić information content (AvgIpc) is 2.47. The summed E-state index contributed by atoms with van der Waals surface area (Å²) in [4.78, 5) is 16.2. The van der Waals surface area contributed by atoms with Crippen molar-refractivity contribution >= 4 is 21.8 Å². The number of carbonyl (C=O) groups excluding carboxylic acids is 1. The van der Waals surface area contributed by atoms with E-state index >= 15 is 0 Å². The van der Waals surface area contributed by atoms with E-state index in [1.807, 2.05) is 0 Å². The van der Waals surface area contributed by atoms with Crippen LogP contribution in [0.1, 0.15) is 29.0 Å². The maximum atomic E-state index is 13.7. The zero-order valence-corrected chi connectivity index (χ0v) is 13.1. The van der Waals surface area contributed by atoms with Gasteiger partial charge in [-0.25, -0.2) is 9.37 Å². The minimum absolute atomic E-state index is 0.172. The number of hydrogen-bond acceptors (Lipinski definition) is 3. The Kier molecular flexibility index (Phi) is 4.90. The highest BCUT2D eigenvalue weighted by Gasteiger charge is 2.14. The van der Waals surface area contributed by atoms with Crippen LogP contribution < -0.4 is 10.1 Å². The third-order valence-corrected chi connectivity index (χ3v) is 3.41. The molecule has 4 nitrogen and oxygen atoms in total. The highest BCUT2D eigenvalue weighted by atomic mass is 79.9. The summed E-state index contributed by atoms with van der Waals surface area (Å²) in [5.74, 6) is -0.609. The van der Waals surface area contributed by atoms with Crippen LogP contribution in [0, 0.1) is 5.82 Å². The summed E-state index contributed by atoms with van der Waals surface area (Å²) >= 11 is 3.21. The molecule has 2 aromatic rings. The Labute approximate surface area is 130 Å². The van der Waals surface area contributed by atoms with Gasteiger partial charge in [-0.3, -0.25) is 4.79 Å². The molecule has 1 N–H and O–H groups in total. The normalized spacial score (nSPS) is 11.8. The number of ether oxygens (including phenoxy) is 1. The number of carbonyl (C=O) groups is 1. The van der Waals surface area contributed by atoms with Crippen molar-refractivity contribution in [2.45, 2.75) is 13.0 Å². The van der Waals surface area contributed by atoms with Crippen LogP contribution in [0.4, 0.5) is 4.39 Å². The van der Waals surface area contributed by atoms with Crippen LogP contribution in [0.3, 0.4) is 0 Å². The van der Waals surface area contributed by atoms with E-state index in [1.165, 1.54) is 19.2 Å². The summed E-state index contributed by atoms with van der Waals surface area (Å²) in [5.41, 5.74) is 0.946. The van der Waals surface area contributed by atoms with E-state index in [9.17, 15) is 9.18 Å². The van der Waals surface area contributed by atoms with Gasteiger partial charge in [-0.2, -0.15) is 0 Å². The third-order valence-electron chi connectivity index (χ3n) is 2.97. The van der Waals surface area contributed by atoms with Gasteiger partial charge >= 0.3 is 0 Å². The summed E-state index contributed by atoms with van der Waals surface area (Å²) in [6.07, 6.45) is 0. The van der Waals surface area contributed by atoms with Gasteiger partial charge in [0.25, 0.3) is 5.91 Å². The molecule has 6 heteroatoms. The second-order valence-corrected chi connectivity index (χ2v) is 5.25. The molecule has 0 aliphatic carbocycles. The van der Waals surface area contributed by atoms with E-state index in [0.29, 0.717) is 15.9 Å². The molecule has 21 heavy (non-hydrogen) atoms. The summed E-state index contributed by atoms with van der Waals surface area (Å²) < 4.78 is 19.1. The Balaban J connectivity index is 2.12. The van der Waals surface area contributed by atoms with Crippen molar-refractivity contribution in [2.24, 2.45) is 0 Å². The zero-order chi connectivity index (χ0) is 15.4. The van der Waals surface area contributed by atoms with E-state index in [-0.39, 0.29) is 17.7 Å². The number of nitrogens with one attached hydrogen (secondary N) is 1. The van der Waals surface area contributed by atoms with Crippen LogP contribution in [0.15, 0.2) is 41.0 Å². The molecular weight excluding hydrogens is 339 g/mol.